The molecular formula is C13H20ClNO5S. The van der Waals surface area contributed by atoms with E-state index in [2.05, 4.69) is 0 Å². The number of carbonyl (C=O) groups excluding carboxylic acids is 1. The van der Waals surface area contributed by atoms with Crippen molar-refractivity contribution in [2.45, 2.75) is 44.7 Å². The standard InChI is InChI=1S/C13H20ClNO5S/c1-5-15-9-10(21(14,17)18)8-11(15)12(16)19-6-7-20-13(2,3)4/h8-9H,5-7H2,1-4H3. The molecule has 1 heterocycles. The number of aryl methyl sites for hydroxylation is 1. The van der Waals surface area contributed by atoms with Crippen LogP contribution >= 0.6 is 10.7 Å². The Balaban J connectivity index is 2.72. The maximum Gasteiger partial charge on any atom is 0.355 e. The molecule has 0 atom stereocenters. The Kier molecular flexibility index (Phi) is 5.83. The van der Waals surface area contributed by atoms with E-state index in [1.54, 1.807) is 6.92 Å². The summed E-state index contributed by atoms with van der Waals surface area (Å²) in [5.74, 6) is -0.610. The molecule has 0 aliphatic rings. The van der Waals surface area contributed by atoms with Crippen LogP contribution in [0.5, 0.6) is 0 Å². The molecule has 0 amide bonds. The third-order valence-corrected chi connectivity index (χ3v) is 3.88. The van der Waals surface area contributed by atoms with Gasteiger partial charge in [-0.3, -0.25) is 0 Å². The van der Waals surface area contributed by atoms with E-state index in [0.29, 0.717) is 6.54 Å². The summed E-state index contributed by atoms with van der Waals surface area (Å²) in [5.41, 5.74) is -0.164. The zero-order chi connectivity index (χ0) is 16.3. The van der Waals surface area contributed by atoms with Crippen molar-refractivity contribution < 1.29 is 22.7 Å². The minimum absolute atomic E-state index is 0.0912. The lowest BCUT2D eigenvalue weighted by Gasteiger charge is -2.19. The summed E-state index contributed by atoms with van der Waals surface area (Å²) in [4.78, 5) is 11.8. The molecule has 0 aromatic carbocycles. The predicted molar refractivity (Wildman–Crippen MR) is 79.1 cm³/mol. The molecule has 0 aliphatic heterocycles. The first-order valence-electron chi connectivity index (χ1n) is 6.50. The Morgan fingerprint density at radius 2 is 1.95 bits per heavy atom. The highest BCUT2D eigenvalue weighted by Crippen LogP contribution is 2.19. The molecular weight excluding hydrogens is 318 g/mol. The van der Waals surface area contributed by atoms with Gasteiger partial charge in [-0.2, -0.15) is 0 Å². The van der Waals surface area contributed by atoms with Crippen molar-refractivity contribution in [1.29, 1.82) is 0 Å². The normalized spacial score (nSPS) is 12.4. The van der Waals surface area contributed by atoms with Crippen molar-refractivity contribution in [3.05, 3.63) is 18.0 Å². The van der Waals surface area contributed by atoms with Crippen LogP contribution < -0.4 is 0 Å². The van der Waals surface area contributed by atoms with Crippen LogP contribution in [0.15, 0.2) is 17.2 Å². The predicted octanol–water partition coefficient (Wildman–Crippen LogP) is 2.41. The van der Waals surface area contributed by atoms with Gasteiger partial charge in [0.25, 0.3) is 9.05 Å². The van der Waals surface area contributed by atoms with Gasteiger partial charge in [0.15, 0.2) is 0 Å². The average Bonchev–Trinajstić information content (AvgIpc) is 2.77. The van der Waals surface area contributed by atoms with Gasteiger partial charge in [-0.1, -0.05) is 0 Å². The Bertz CT molecular complexity index is 601. The summed E-state index contributed by atoms with van der Waals surface area (Å²) in [5, 5.41) is 0. The number of aromatic nitrogens is 1. The number of ether oxygens (including phenoxy) is 2. The molecule has 0 radical (unpaired) electrons. The van der Waals surface area contributed by atoms with Gasteiger partial charge < -0.3 is 14.0 Å². The number of hydrogen-bond acceptors (Lipinski definition) is 5. The second kappa shape index (κ2) is 6.81. The molecule has 0 spiro atoms. The number of nitrogens with zero attached hydrogens (tertiary/aromatic N) is 1. The molecule has 0 fully saturated rings. The van der Waals surface area contributed by atoms with E-state index in [9.17, 15) is 13.2 Å². The zero-order valence-corrected chi connectivity index (χ0v) is 14.1. The van der Waals surface area contributed by atoms with Crippen molar-refractivity contribution in [3.8, 4) is 0 Å². The van der Waals surface area contributed by atoms with Crippen molar-refractivity contribution >= 4 is 25.7 Å². The summed E-state index contributed by atoms with van der Waals surface area (Å²) in [7, 11) is 1.40. The van der Waals surface area contributed by atoms with E-state index >= 15 is 0 Å². The van der Waals surface area contributed by atoms with Gasteiger partial charge in [0.2, 0.25) is 0 Å². The highest BCUT2D eigenvalue weighted by molar-refractivity contribution is 8.13. The largest absolute Gasteiger partial charge is 0.459 e. The lowest BCUT2D eigenvalue weighted by atomic mass is 10.2. The summed E-state index contributed by atoms with van der Waals surface area (Å²) in [6.45, 7) is 8.26. The van der Waals surface area contributed by atoms with Crippen LogP contribution in [0.1, 0.15) is 38.2 Å². The fourth-order valence-corrected chi connectivity index (χ4v) is 2.36. The molecule has 1 aromatic heterocycles. The molecule has 0 saturated carbocycles. The minimum Gasteiger partial charge on any atom is -0.459 e. The van der Waals surface area contributed by atoms with Crippen molar-refractivity contribution in [3.63, 3.8) is 0 Å². The third kappa shape index (κ3) is 5.68. The second-order valence-corrected chi connectivity index (χ2v) is 7.95. The smallest absolute Gasteiger partial charge is 0.355 e. The van der Waals surface area contributed by atoms with E-state index < -0.39 is 15.0 Å². The molecule has 120 valence electrons. The minimum atomic E-state index is -3.87. The van der Waals surface area contributed by atoms with Gasteiger partial charge >= 0.3 is 5.97 Å². The van der Waals surface area contributed by atoms with Crippen LogP contribution in [0.2, 0.25) is 0 Å². The number of hydrogen-bond donors (Lipinski definition) is 0. The van der Waals surface area contributed by atoms with E-state index in [1.165, 1.54) is 16.8 Å². The Morgan fingerprint density at radius 3 is 2.43 bits per heavy atom. The zero-order valence-electron chi connectivity index (χ0n) is 12.6. The third-order valence-electron chi connectivity index (χ3n) is 2.55. The molecule has 0 saturated heterocycles. The first kappa shape index (κ1) is 18.0. The summed E-state index contributed by atoms with van der Waals surface area (Å²) in [6, 6.07) is 1.21. The summed E-state index contributed by atoms with van der Waals surface area (Å²) < 4.78 is 34.5. The van der Waals surface area contributed by atoms with Gasteiger partial charge in [0, 0.05) is 23.4 Å². The maximum atomic E-state index is 12.0. The summed E-state index contributed by atoms with van der Waals surface area (Å²) >= 11 is 0. The summed E-state index contributed by atoms with van der Waals surface area (Å²) in [6.07, 6.45) is 1.31. The van der Waals surface area contributed by atoms with Crippen LogP contribution in [0.4, 0.5) is 0 Å². The van der Waals surface area contributed by atoms with Crippen molar-refractivity contribution in [2.75, 3.05) is 13.2 Å². The molecule has 21 heavy (non-hydrogen) atoms. The lowest BCUT2D eigenvalue weighted by Crippen LogP contribution is -2.23. The first-order chi connectivity index (χ1) is 9.54. The lowest BCUT2D eigenvalue weighted by molar-refractivity contribution is -0.0284. The first-order valence-corrected chi connectivity index (χ1v) is 8.81. The fourth-order valence-electron chi connectivity index (χ4n) is 1.61. The Labute approximate surface area is 129 Å². The van der Waals surface area contributed by atoms with Gasteiger partial charge in [0.1, 0.15) is 17.2 Å². The van der Waals surface area contributed by atoms with Gasteiger partial charge in [0.05, 0.1) is 12.2 Å². The highest BCUT2D eigenvalue weighted by atomic mass is 35.7. The van der Waals surface area contributed by atoms with Crippen LogP contribution in [0, 0.1) is 0 Å². The van der Waals surface area contributed by atoms with Crippen LogP contribution in [-0.4, -0.2) is 37.8 Å². The monoisotopic (exact) mass is 337 g/mol. The number of rotatable bonds is 6. The highest BCUT2D eigenvalue weighted by Gasteiger charge is 2.20. The van der Waals surface area contributed by atoms with Crippen LogP contribution in [0.3, 0.4) is 0 Å². The Hall–Kier alpha value is -1.05. The van der Waals surface area contributed by atoms with Crippen molar-refractivity contribution in [2.24, 2.45) is 0 Å². The Morgan fingerprint density at radius 1 is 1.33 bits per heavy atom. The molecule has 0 unspecified atom stereocenters. The van der Waals surface area contributed by atoms with E-state index in [1.807, 2.05) is 20.8 Å². The molecule has 6 nitrogen and oxygen atoms in total. The van der Waals surface area contributed by atoms with Crippen LogP contribution in [-0.2, 0) is 25.1 Å². The number of halogens is 1. The van der Waals surface area contributed by atoms with Crippen LogP contribution in [0.25, 0.3) is 0 Å². The SMILES string of the molecule is CCn1cc(S(=O)(=O)Cl)cc1C(=O)OCCOC(C)(C)C. The maximum absolute atomic E-state index is 12.0. The quantitative estimate of drug-likeness (QED) is 0.452. The average molecular weight is 338 g/mol. The fraction of sp³-hybridized carbons (Fsp3) is 0.615. The molecule has 0 aliphatic carbocycles. The van der Waals surface area contributed by atoms with Gasteiger partial charge in [-0.05, 0) is 33.8 Å². The molecule has 1 aromatic rings. The second-order valence-electron chi connectivity index (χ2n) is 5.38. The van der Waals surface area contributed by atoms with Crippen molar-refractivity contribution in [1.82, 2.24) is 4.57 Å². The molecule has 0 bridgehead atoms. The number of carbonyl (C=O) groups is 1. The van der Waals surface area contributed by atoms with Gasteiger partial charge in [-0.25, -0.2) is 13.2 Å². The molecule has 1 rings (SSSR count). The van der Waals surface area contributed by atoms with E-state index in [-0.39, 0.29) is 29.4 Å². The topological polar surface area (TPSA) is 74.6 Å². The molecule has 0 N–H and O–H groups in total. The van der Waals surface area contributed by atoms with Gasteiger partial charge in [-0.15, -0.1) is 0 Å². The van der Waals surface area contributed by atoms with E-state index in [0.717, 1.165) is 0 Å². The number of esters is 1. The molecule has 8 heteroatoms. The van der Waals surface area contributed by atoms with E-state index in [4.69, 9.17) is 20.2 Å².